The highest BCUT2D eigenvalue weighted by atomic mass is 14.7. The number of H-pyrrole nitrogens is 1. The van der Waals surface area contributed by atoms with Gasteiger partial charge in [-0.25, -0.2) is 0 Å². The summed E-state index contributed by atoms with van der Waals surface area (Å²) < 4.78 is 0. The Labute approximate surface area is 85.5 Å². The standard InChI is InChI=1S/C13H17N/c1-8-5-6-12(10(8)3)13-7-9(2)14-11(13)4/h5,7,14H,6H2,1-4H3. The first-order chi connectivity index (χ1) is 6.59. The minimum atomic E-state index is 1.09. The summed E-state index contributed by atoms with van der Waals surface area (Å²) in [5.41, 5.74) is 8.31. The van der Waals surface area contributed by atoms with E-state index in [0.29, 0.717) is 0 Å². The van der Waals surface area contributed by atoms with E-state index in [1.54, 1.807) is 0 Å². The van der Waals surface area contributed by atoms with Crippen LogP contribution in [0.4, 0.5) is 0 Å². The quantitative estimate of drug-likeness (QED) is 0.689. The molecule has 1 aromatic rings. The molecule has 74 valence electrons. The molecule has 0 aromatic carbocycles. The van der Waals surface area contributed by atoms with Gasteiger partial charge in [-0.15, -0.1) is 0 Å². The van der Waals surface area contributed by atoms with Gasteiger partial charge in [-0.1, -0.05) is 11.6 Å². The summed E-state index contributed by atoms with van der Waals surface area (Å²) in [4.78, 5) is 3.36. The van der Waals surface area contributed by atoms with Gasteiger partial charge < -0.3 is 4.98 Å². The van der Waals surface area contributed by atoms with Gasteiger partial charge in [0.05, 0.1) is 0 Å². The number of rotatable bonds is 1. The lowest BCUT2D eigenvalue weighted by atomic mass is 10.0. The van der Waals surface area contributed by atoms with E-state index in [1.165, 1.54) is 33.7 Å². The molecule has 1 heteroatoms. The van der Waals surface area contributed by atoms with Gasteiger partial charge in [0.15, 0.2) is 0 Å². The fourth-order valence-electron chi connectivity index (χ4n) is 2.15. The van der Waals surface area contributed by atoms with E-state index < -0.39 is 0 Å². The van der Waals surface area contributed by atoms with Gasteiger partial charge in [-0.05, 0) is 56.9 Å². The molecular weight excluding hydrogens is 170 g/mol. The summed E-state index contributed by atoms with van der Waals surface area (Å²) in [6.07, 6.45) is 3.40. The van der Waals surface area contributed by atoms with Gasteiger partial charge in [-0.2, -0.15) is 0 Å². The molecule has 1 aliphatic carbocycles. The first kappa shape index (κ1) is 9.32. The van der Waals surface area contributed by atoms with Crippen molar-refractivity contribution in [1.82, 2.24) is 4.98 Å². The molecule has 0 atom stereocenters. The van der Waals surface area contributed by atoms with Crippen molar-refractivity contribution < 1.29 is 0 Å². The van der Waals surface area contributed by atoms with Crippen molar-refractivity contribution in [3.63, 3.8) is 0 Å². The molecule has 0 aliphatic heterocycles. The number of nitrogens with one attached hydrogen (secondary N) is 1. The van der Waals surface area contributed by atoms with Gasteiger partial charge in [0, 0.05) is 11.4 Å². The van der Waals surface area contributed by atoms with Crippen LogP contribution in [0.15, 0.2) is 23.3 Å². The molecule has 1 nitrogen and oxygen atoms in total. The van der Waals surface area contributed by atoms with Crippen LogP contribution in [0, 0.1) is 13.8 Å². The minimum absolute atomic E-state index is 1.09. The summed E-state index contributed by atoms with van der Waals surface area (Å²) in [7, 11) is 0. The Bertz CT molecular complexity index is 430. The Morgan fingerprint density at radius 2 is 1.86 bits per heavy atom. The third kappa shape index (κ3) is 1.33. The maximum atomic E-state index is 3.36. The van der Waals surface area contributed by atoms with Crippen LogP contribution in [-0.2, 0) is 0 Å². The summed E-state index contributed by atoms with van der Waals surface area (Å²) in [5, 5.41) is 0. The minimum Gasteiger partial charge on any atom is -0.362 e. The number of hydrogen-bond acceptors (Lipinski definition) is 0. The third-order valence-electron chi connectivity index (χ3n) is 3.13. The van der Waals surface area contributed by atoms with Gasteiger partial charge in [0.2, 0.25) is 0 Å². The lowest BCUT2D eigenvalue weighted by Gasteiger charge is -2.03. The first-order valence-electron chi connectivity index (χ1n) is 5.13. The highest BCUT2D eigenvalue weighted by Gasteiger charge is 2.15. The van der Waals surface area contributed by atoms with Gasteiger partial charge >= 0.3 is 0 Å². The van der Waals surface area contributed by atoms with Gasteiger partial charge in [0.25, 0.3) is 0 Å². The molecule has 1 N–H and O–H groups in total. The van der Waals surface area contributed by atoms with Crippen LogP contribution in [0.5, 0.6) is 0 Å². The first-order valence-corrected chi connectivity index (χ1v) is 5.13. The SMILES string of the molecule is CC1=CCC(c2cc(C)[nH]c2C)=C1C. The molecule has 0 amide bonds. The number of allylic oxidation sites excluding steroid dienone is 4. The van der Waals surface area contributed by atoms with Gasteiger partial charge in [-0.3, -0.25) is 0 Å². The number of aromatic nitrogens is 1. The maximum absolute atomic E-state index is 3.36. The Hall–Kier alpha value is -1.24. The monoisotopic (exact) mass is 187 g/mol. The van der Waals surface area contributed by atoms with Crippen molar-refractivity contribution in [2.45, 2.75) is 34.1 Å². The maximum Gasteiger partial charge on any atom is 0.0194 e. The highest BCUT2D eigenvalue weighted by molar-refractivity contribution is 5.77. The van der Waals surface area contributed by atoms with Crippen molar-refractivity contribution in [3.05, 3.63) is 40.2 Å². The van der Waals surface area contributed by atoms with Crippen LogP contribution in [0.1, 0.15) is 37.2 Å². The molecule has 1 heterocycles. The second-order valence-electron chi connectivity index (χ2n) is 4.19. The number of aryl methyl sites for hydroxylation is 2. The molecule has 0 bridgehead atoms. The second-order valence-corrected chi connectivity index (χ2v) is 4.19. The molecule has 2 rings (SSSR count). The Morgan fingerprint density at radius 3 is 2.29 bits per heavy atom. The topological polar surface area (TPSA) is 15.8 Å². The van der Waals surface area contributed by atoms with E-state index in [4.69, 9.17) is 0 Å². The van der Waals surface area contributed by atoms with E-state index in [2.05, 4.69) is 44.8 Å². The van der Waals surface area contributed by atoms with Crippen LogP contribution in [0.3, 0.4) is 0 Å². The van der Waals surface area contributed by atoms with E-state index in [0.717, 1.165) is 6.42 Å². The molecule has 0 fully saturated rings. The third-order valence-corrected chi connectivity index (χ3v) is 3.13. The Morgan fingerprint density at radius 1 is 1.14 bits per heavy atom. The van der Waals surface area contributed by atoms with Crippen LogP contribution in [0.25, 0.3) is 5.57 Å². The lowest BCUT2D eigenvalue weighted by molar-refractivity contribution is 1.18. The van der Waals surface area contributed by atoms with Crippen LogP contribution in [-0.4, -0.2) is 4.98 Å². The van der Waals surface area contributed by atoms with Crippen molar-refractivity contribution in [2.24, 2.45) is 0 Å². The number of hydrogen-bond donors (Lipinski definition) is 1. The normalized spacial score (nSPS) is 16.4. The fourth-order valence-corrected chi connectivity index (χ4v) is 2.15. The Kier molecular flexibility index (Phi) is 2.10. The predicted octanol–water partition coefficient (Wildman–Crippen LogP) is 3.76. The molecule has 0 saturated heterocycles. The van der Waals surface area contributed by atoms with E-state index in [-0.39, 0.29) is 0 Å². The van der Waals surface area contributed by atoms with Gasteiger partial charge in [0.1, 0.15) is 0 Å². The summed E-state index contributed by atoms with van der Waals surface area (Å²) in [5.74, 6) is 0. The van der Waals surface area contributed by atoms with Crippen LogP contribution < -0.4 is 0 Å². The zero-order valence-corrected chi connectivity index (χ0v) is 9.36. The van der Waals surface area contributed by atoms with E-state index in [9.17, 15) is 0 Å². The molecule has 0 saturated carbocycles. The molecule has 0 unspecified atom stereocenters. The molecule has 0 spiro atoms. The Balaban J connectivity index is 2.48. The average molecular weight is 187 g/mol. The molecule has 1 aromatic heterocycles. The molecule has 0 radical (unpaired) electrons. The van der Waals surface area contributed by atoms with Crippen LogP contribution >= 0.6 is 0 Å². The summed E-state index contributed by atoms with van der Waals surface area (Å²) >= 11 is 0. The largest absolute Gasteiger partial charge is 0.362 e. The van der Waals surface area contributed by atoms with Crippen molar-refractivity contribution >= 4 is 5.57 Å². The predicted molar refractivity (Wildman–Crippen MR) is 61.2 cm³/mol. The average Bonchev–Trinajstić information content (AvgIpc) is 2.59. The second kappa shape index (κ2) is 3.16. The fraction of sp³-hybridized carbons (Fsp3) is 0.385. The van der Waals surface area contributed by atoms with Crippen LogP contribution in [0.2, 0.25) is 0 Å². The number of aromatic amines is 1. The zero-order chi connectivity index (χ0) is 10.3. The van der Waals surface area contributed by atoms with Crippen molar-refractivity contribution in [2.75, 3.05) is 0 Å². The highest BCUT2D eigenvalue weighted by Crippen LogP contribution is 2.34. The molecule has 14 heavy (non-hydrogen) atoms. The lowest BCUT2D eigenvalue weighted by Crippen LogP contribution is -1.85. The zero-order valence-electron chi connectivity index (χ0n) is 9.36. The summed E-state index contributed by atoms with van der Waals surface area (Å²) in [6.45, 7) is 8.67. The van der Waals surface area contributed by atoms with E-state index >= 15 is 0 Å². The van der Waals surface area contributed by atoms with Crippen molar-refractivity contribution in [1.29, 1.82) is 0 Å². The van der Waals surface area contributed by atoms with Crippen molar-refractivity contribution in [3.8, 4) is 0 Å². The summed E-state index contributed by atoms with van der Waals surface area (Å²) in [6, 6.07) is 2.25. The molecule has 1 aliphatic rings. The van der Waals surface area contributed by atoms with E-state index in [1.807, 2.05) is 0 Å². The smallest absolute Gasteiger partial charge is 0.0194 e. The molecular formula is C13H17N.